The Bertz CT molecular complexity index is 749. The summed E-state index contributed by atoms with van der Waals surface area (Å²) >= 11 is 6.36. The molecule has 2 heterocycles. The van der Waals surface area contributed by atoms with Crippen molar-refractivity contribution in [3.8, 4) is 16.9 Å². The Kier molecular flexibility index (Phi) is 5.11. The molecule has 0 saturated carbocycles. The van der Waals surface area contributed by atoms with E-state index in [2.05, 4.69) is 21.9 Å². The van der Waals surface area contributed by atoms with Gasteiger partial charge in [0.15, 0.2) is 0 Å². The van der Waals surface area contributed by atoms with Gasteiger partial charge in [0, 0.05) is 36.4 Å². The summed E-state index contributed by atoms with van der Waals surface area (Å²) in [5.41, 5.74) is 2.90. The predicted octanol–water partition coefficient (Wildman–Crippen LogP) is 3.18. The maximum Gasteiger partial charge on any atom is 0.220 e. The lowest BCUT2D eigenvalue weighted by Gasteiger charge is -2.12. The molecule has 1 aliphatic heterocycles. The fraction of sp³-hybridized carbons (Fsp3) is 0.278. The van der Waals surface area contributed by atoms with Gasteiger partial charge in [-0.2, -0.15) is 0 Å². The highest BCUT2D eigenvalue weighted by Gasteiger charge is 2.26. The van der Waals surface area contributed by atoms with E-state index in [9.17, 15) is 4.79 Å². The number of aromatic nitrogens is 2. The topological polar surface area (TPSA) is 64.1 Å². The minimum absolute atomic E-state index is 0.00248. The van der Waals surface area contributed by atoms with Crippen LogP contribution in [0.15, 0.2) is 43.5 Å². The monoisotopic (exact) mass is 343 g/mol. The molecule has 2 aromatic rings. The molecule has 1 aromatic heterocycles. The van der Waals surface area contributed by atoms with Gasteiger partial charge in [-0.15, -0.1) is 6.58 Å². The number of hydrogen-bond acceptors (Lipinski definition) is 4. The molecule has 6 heteroatoms. The number of carbonyl (C=O) groups is 1. The van der Waals surface area contributed by atoms with E-state index in [0.717, 1.165) is 16.7 Å². The molecule has 0 aliphatic carbocycles. The lowest BCUT2D eigenvalue weighted by molar-refractivity contribution is -0.121. The summed E-state index contributed by atoms with van der Waals surface area (Å²) in [5.74, 6) is 0.699. The molecule has 1 atom stereocenters. The Hall–Kier alpha value is -2.40. The quantitative estimate of drug-likeness (QED) is 0.818. The first-order valence-electron chi connectivity index (χ1n) is 7.79. The molecule has 1 amide bonds. The van der Waals surface area contributed by atoms with Gasteiger partial charge in [-0.1, -0.05) is 17.7 Å². The van der Waals surface area contributed by atoms with E-state index in [-0.39, 0.29) is 12.0 Å². The van der Waals surface area contributed by atoms with Crippen LogP contribution in [0.4, 0.5) is 0 Å². The number of nitrogens with one attached hydrogen (secondary N) is 1. The first-order chi connectivity index (χ1) is 11.7. The number of nitrogens with zero attached hydrogens (tertiary/aromatic N) is 2. The van der Waals surface area contributed by atoms with E-state index in [1.807, 2.05) is 12.1 Å². The lowest BCUT2D eigenvalue weighted by atomic mass is 10.0. The zero-order chi connectivity index (χ0) is 16.9. The van der Waals surface area contributed by atoms with Crippen LogP contribution in [0.1, 0.15) is 18.4 Å². The fourth-order valence-corrected chi connectivity index (χ4v) is 2.95. The first-order valence-corrected chi connectivity index (χ1v) is 8.17. The van der Waals surface area contributed by atoms with Crippen LogP contribution in [0.2, 0.25) is 5.02 Å². The molecule has 0 radical (unpaired) electrons. The minimum Gasteiger partial charge on any atom is -0.486 e. The zero-order valence-electron chi connectivity index (χ0n) is 13.2. The van der Waals surface area contributed by atoms with Gasteiger partial charge in [-0.25, -0.2) is 9.97 Å². The molecule has 124 valence electrons. The Labute approximate surface area is 145 Å². The molecule has 1 aliphatic rings. The van der Waals surface area contributed by atoms with Crippen molar-refractivity contribution in [2.75, 3.05) is 6.54 Å². The number of carbonyl (C=O) groups excluding carboxylic acids is 1. The SMILES string of the molecule is C=CCCC(=O)NC[C@@H]1Cc2cc(-c3cncnc3)cc(Cl)c2O1. The van der Waals surface area contributed by atoms with Gasteiger partial charge in [0.1, 0.15) is 18.2 Å². The smallest absolute Gasteiger partial charge is 0.220 e. The fourth-order valence-electron chi connectivity index (χ4n) is 2.67. The number of amides is 1. The summed E-state index contributed by atoms with van der Waals surface area (Å²) < 4.78 is 5.89. The van der Waals surface area contributed by atoms with Crippen molar-refractivity contribution in [1.82, 2.24) is 15.3 Å². The Morgan fingerprint density at radius 1 is 1.38 bits per heavy atom. The molecule has 0 saturated heterocycles. The molecule has 0 unspecified atom stereocenters. The summed E-state index contributed by atoms with van der Waals surface area (Å²) in [6, 6.07) is 3.89. The zero-order valence-corrected chi connectivity index (χ0v) is 13.9. The third-order valence-electron chi connectivity index (χ3n) is 3.85. The maximum atomic E-state index is 11.7. The van der Waals surface area contributed by atoms with E-state index >= 15 is 0 Å². The molecule has 1 aromatic carbocycles. The molecule has 0 bridgehead atoms. The summed E-state index contributed by atoms with van der Waals surface area (Å²) in [6.45, 7) is 4.08. The Balaban J connectivity index is 1.68. The second kappa shape index (κ2) is 7.45. The van der Waals surface area contributed by atoms with Crippen LogP contribution in [-0.4, -0.2) is 28.5 Å². The van der Waals surface area contributed by atoms with Crippen LogP contribution in [0.25, 0.3) is 11.1 Å². The van der Waals surface area contributed by atoms with E-state index in [1.54, 1.807) is 18.5 Å². The van der Waals surface area contributed by atoms with E-state index in [0.29, 0.717) is 36.6 Å². The number of ether oxygens (including phenoxy) is 1. The van der Waals surface area contributed by atoms with Gasteiger partial charge in [-0.05, 0) is 24.1 Å². The average molecular weight is 344 g/mol. The summed E-state index contributed by atoms with van der Waals surface area (Å²) in [5, 5.41) is 3.45. The van der Waals surface area contributed by atoms with Gasteiger partial charge >= 0.3 is 0 Å². The largest absolute Gasteiger partial charge is 0.486 e. The minimum atomic E-state index is -0.104. The predicted molar refractivity (Wildman–Crippen MR) is 93.0 cm³/mol. The van der Waals surface area contributed by atoms with Crippen molar-refractivity contribution >= 4 is 17.5 Å². The highest BCUT2D eigenvalue weighted by molar-refractivity contribution is 6.32. The molecule has 24 heavy (non-hydrogen) atoms. The lowest BCUT2D eigenvalue weighted by Crippen LogP contribution is -2.34. The molecular formula is C18H18ClN3O2. The van der Waals surface area contributed by atoms with Gasteiger partial charge in [0.25, 0.3) is 0 Å². The van der Waals surface area contributed by atoms with Crippen molar-refractivity contribution in [2.24, 2.45) is 0 Å². The first kappa shape index (κ1) is 16.5. The van der Waals surface area contributed by atoms with Crippen LogP contribution in [-0.2, 0) is 11.2 Å². The number of benzene rings is 1. The Morgan fingerprint density at radius 3 is 2.92 bits per heavy atom. The van der Waals surface area contributed by atoms with Crippen molar-refractivity contribution in [1.29, 1.82) is 0 Å². The van der Waals surface area contributed by atoms with Crippen molar-refractivity contribution < 1.29 is 9.53 Å². The highest BCUT2D eigenvalue weighted by Crippen LogP contribution is 2.39. The van der Waals surface area contributed by atoms with Crippen LogP contribution in [0.3, 0.4) is 0 Å². The normalized spacial score (nSPS) is 15.5. The van der Waals surface area contributed by atoms with E-state index in [4.69, 9.17) is 16.3 Å². The highest BCUT2D eigenvalue weighted by atomic mass is 35.5. The maximum absolute atomic E-state index is 11.7. The van der Waals surface area contributed by atoms with Gasteiger partial charge in [0.2, 0.25) is 5.91 Å². The van der Waals surface area contributed by atoms with Crippen LogP contribution < -0.4 is 10.1 Å². The number of allylic oxidation sites excluding steroid dienone is 1. The van der Waals surface area contributed by atoms with Gasteiger partial charge in [-0.3, -0.25) is 4.79 Å². The van der Waals surface area contributed by atoms with E-state index < -0.39 is 0 Å². The summed E-state index contributed by atoms with van der Waals surface area (Å²) in [4.78, 5) is 19.7. The van der Waals surface area contributed by atoms with Crippen LogP contribution >= 0.6 is 11.6 Å². The number of fused-ring (bicyclic) bond motifs is 1. The van der Waals surface area contributed by atoms with Gasteiger partial charge in [0.05, 0.1) is 11.6 Å². The number of halogens is 1. The van der Waals surface area contributed by atoms with Crippen LogP contribution in [0.5, 0.6) is 5.75 Å². The number of hydrogen-bond donors (Lipinski definition) is 1. The molecule has 0 fully saturated rings. The summed E-state index contributed by atoms with van der Waals surface area (Å²) in [6.07, 6.45) is 8.44. The molecule has 1 N–H and O–H groups in total. The second-order valence-corrected chi connectivity index (χ2v) is 6.06. The van der Waals surface area contributed by atoms with Crippen molar-refractivity contribution in [3.05, 3.63) is 54.1 Å². The summed E-state index contributed by atoms with van der Waals surface area (Å²) in [7, 11) is 0. The molecule has 3 rings (SSSR count). The third kappa shape index (κ3) is 3.74. The molecule has 5 nitrogen and oxygen atoms in total. The van der Waals surface area contributed by atoms with Crippen molar-refractivity contribution in [3.63, 3.8) is 0 Å². The second-order valence-electron chi connectivity index (χ2n) is 5.65. The average Bonchev–Trinajstić information content (AvgIpc) is 3.02. The Morgan fingerprint density at radius 2 is 2.17 bits per heavy atom. The number of rotatable bonds is 6. The molecular weight excluding hydrogens is 326 g/mol. The standard InChI is InChI=1S/C18H18ClN3O2/c1-2-3-4-17(23)22-10-15-6-13-5-12(7-16(19)18(13)24-15)14-8-20-11-21-9-14/h2,5,7-9,11,15H,1,3-4,6,10H2,(H,22,23)/t15-/m0/s1. The van der Waals surface area contributed by atoms with Crippen LogP contribution in [0, 0.1) is 0 Å². The van der Waals surface area contributed by atoms with Gasteiger partial charge < -0.3 is 10.1 Å². The molecule has 0 spiro atoms. The van der Waals surface area contributed by atoms with E-state index in [1.165, 1.54) is 6.33 Å². The van der Waals surface area contributed by atoms with Crippen molar-refractivity contribution in [2.45, 2.75) is 25.4 Å². The third-order valence-corrected chi connectivity index (χ3v) is 4.13.